The molecule has 88 valence electrons. The summed E-state index contributed by atoms with van der Waals surface area (Å²) in [6, 6.07) is 5.18. The van der Waals surface area contributed by atoms with Gasteiger partial charge in [-0.15, -0.1) is 0 Å². The molecule has 0 aliphatic heterocycles. The van der Waals surface area contributed by atoms with Crippen LogP contribution in [0.25, 0.3) is 0 Å². The molecule has 0 saturated carbocycles. The van der Waals surface area contributed by atoms with Crippen LogP contribution < -0.4 is 5.32 Å². The van der Waals surface area contributed by atoms with Crippen molar-refractivity contribution in [2.45, 2.75) is 6.92 Å². The molecule has 0 atom stereocenters. The zero-order valence-corrected chi connectivity index (χ0v) is 11.1. The Morgan fingerprint density at radius 3 is 2.65 bits per heavy atom. The van der Waals surface area contributed by atoms with Crippen LogP contribution in [0.15, 0.2) is 24.4 Å². The quantitative estimate of drug-likeness (QED) is 0.827. The summed E-state index contributed by atoms with van der Waals surface area (Å²) in [6.07, 6.45) is 1.64. The molecule has 2 aromatic rings. The van der Waals surface area contributed by atoms with Crippen molar-refractivity contribution in [3.05, 3.63) is 45.3 Å². The van der Waals surface area contributed by atoms with Crippen molar-refractivity contribution >= 4 is 46.3 Å². The molecular weight excluding hydrogens is 281 g/mol. The number of rotatable bonds is 2. The van der Waals surface area contributed by atoms with Crippen molar-refractivity contribution in [3.63, 3.8) is 0 Å². The van der Waals surface area contributed by atoms with Crippen LogP contribution in [0.2, 0.25) is 15.3 Å². The zero-order chi connectivity index (χ0) is 12.4. The molecule has 0 unspecified atom stereocenters. The highest BCUT2D eigenvalue weighted by atomic mass is 35.5. The van der Waals surface area contributed by atoms with Gasteiger partial charge in [-0.3, -0.25) is 0 Å². The number of nitrogens with one attached hydrogen (secondary N) is 1. The third kappa shape index (κ3) is 3.00. The zero-order valence-electron chi connectivity index (χ0n) is 8.84. The average molecular weight is 289 g/mol. The predicted molar refractivity (Wildman–Crippen MR) is 71.5 cm³/mol. The molecule has 0 bridgehead atoms. The Balaban J connectivity index is 2.34. The summed E-state index contributed by atoms with van der Waals surface area (Å²) in [7, 11) is 0. The monoisotopic (exact) mass is 287 g/mol. The van der Waals surface area contributed by atoms with Gasteiger partial charge in [0.25, 0.3) is 0 Å². The first kappa shape index (κ1) is 12.4. The van der Waals surface area contributed by atoms with Crippen LogP contribution in [-0.4, -0.2) is 9.97 Å². The van der Waals surface area contributed by atoms with E-state index in [9.17, 15) is 0 Å². The Bertz CT molecular complexity index is 558. The normalized spacial score (nSPS) is 10.4. The van der Waals surface area contributed by atoms with Crippen molar-refractivity contribution < 1.29 is 0 Å². The van der Waals surface area contributed by atoms with Gasteiger partial charge in [-0.2, -0.15) is 0 Å². The summed E-state index contributed by atoms with van der Waals surface area (Å²) in [6.45, 7) is 1.88. The Kier molecular flexibility index (Phi) is 3.72. The van der Waals surface area contributed by atoms with E-state index in [1.165, 1.54) is 0 Å². The number of aromatic nitrogens is 2. The molecule has 1 N–H and O–H groups in total. The standard InChI is InChI=1S/C11H8Cl3N3/c1-6-5-15-11(14)17-10(6)16-9-3-2-7(12)4-8(9)13/h2-5H,1H3,(H,15,16,17). The number of hydrogen-bond donors (Lipinski definition) is 1. The minimum atomic E-state index is 0.184. The van der Waals surface area contributed by atoms with Crippen LogP contribution >= 0.6 is 34.8 Å². The van der Waals surface area contributed by atoms with Gasteiger partial charge < -0.3 is 5.32 Å². The van der Waals surface area contributed by atoms with Crippen LogP contribution in [0, 0.1) is 6.92 Å². The lowest BCUT2D eigenvalue weighted by molar-refractivity contribution is 1.13. The van der Waals surface area contributed by atoms with Crippen LogP contribution in [0.4, 0.5) is 11.5 Å². The highest BCUT2D eigenvalue weighted by molar-refractivity contribution is 6.36. The molecule has 6 heteroatoms. The lowest BCUT2D eigenvalue weighted by Crippen LogP contribution is -1.98. The maximum Gasteiger partial charge on any atom is 0.224 e. The van der Waals surface area contributed by atoms with E-state index in [1.807, 2.05) is 6.92 Å². The number of aryl methyl sites for hydroxylation is 1. The summed E-state index contributed by atoms with van der Waals surface area (Å²) < 4.78 is 0. The fourth-order valence-corrected chi connectivity index (χ4v) is 1.85. The van der Waals surface area contributed by atoms with Gasteiger partial charge in [-0.05, 0) is 36.7 Å². The number of anilines is 2. The molecule has 2 rings (SSSR count). The van der Waals surface area contributed by atoms with Gasteiger partial charge in [-0.25, -0.2) is 9.97 Å². The van der Waals surface area contributed by atoms with Crippen LogP contribution in [0.1, 0.15) is 5.56 Å². The highest BCUT2D eigenvalue weighted by Crippen LogP contribution is 2.28. The maximum absolute atomic E-state index is 6.05. The molecule has 0 aliphatic carbocycles. The van der Waals surface area contributed by atoms with E-state index in [1.54, 1.807) is 24.4 Å². The molecule has 1 aromatic carbocycles. The third-order valence-corrected chi connectivity index (χ3v) is 2.86. The van der Waals surface area contributed by atoms with Gasteiger partial charge in [0.15, 0.2) is 0 Å². The van der Waals surface area contributed by atoms with Crippen LogP contribution in [0.5, 0.6) is 0 Å². The fourth-order valence-electron chi connectivity index (χ4n) is 1.27. The van der Waals surface area contributed by atoms with Crippen molar-refractivity contribution in [1.82, 2.24) is 9.97 Å². The van der Waals surface area contributed by atoms with Gasteiger partial charge in [-0.1, -0.05) is 23.2 Å². The van der Waals surface area contributed by atoms with Gasteiger partial charge >= 0.3 is 0 Å². The van der Waals surface area contributed by atoms with Crippen molar-refractivity contribution in [1.29, 1.82) is 0 Å². The van der Waals surface area contributed by atoms with Crippen LogP contribution in [-0.2, 0) is 0 Å². The van der Waals surface area contributed by atoms with Crippen molar-refractivity contribution in [2.24, 2.45) is 0 Å². The lowest BCUT2D eigenvalue weighted by Gasteiger charge is -2.09. The number of halogens is 3. The average Bonchev–Trinajstić information content (AvgIpc) is 2.27. The summed E-state index contributed by atoms with van der Waals surface area (Å²) in [5.74, 6) is 0.620. The molecule has 17 heavy (non-hydrogen) atoms. The minimum Gasteiger partial charge on any atom is -0.339 e. The molecule has 0 radical (unpaired) electrons. The van der Waals surface area contributed by atoms with E-state index in [-0.39, 0.29) is 5.28 Å². The van der Waals surface area contributed by atoms with E-state index in [4.69, 9.17) is 34.8 Å². The van der Waals surface area contributed by atoms with Crippen LogP contribution in [0.3, 0.4) is 0 Å². The largest absolute Gasteiger partial charge is 0.339 e. The van der Waals surface area contributed by atoms with E-state index in [2.05, 4.69) is 15.3 Å². The number of nitrogens with zero attached hydrogens (tertiary/aromatic N) is 2. The molecule has 1 aromatic heterocycles. The predicted octanol–water partition coefficient (Wildman–Crippen LogP) is 4.49. The molecule has 3 nitrogen and oxygen atoms in total. The molecule has 0 amide bonds. The SMILES string of the molecule is Cc1cnc(Cl)nc1Nc1ccc(Cl)cc1Cl. The molecule has 1 heterocycles. The minimum absolute atomic E-state index is 0.184. The van der Waals surface area contributed by atoms with Gasteiger partial charge in [0.1, 0.15) is 5.82 Å². The molecular formula is C11H8Cl3N3. The molecule has 0 aliphatic rings. The van der Waals surface area contributed by atoms with E-state index < -0.39 is 0 Å². The first-order valence-electron chi connectivity index (χ1n) is 4.77. The van der Waals surface area contributed by atoms with Gasteiger partial charge in [0.05, 0.1) is 10.7 Å². The Labute approximate surface area is 114 Å². The van der Waals surface area contributed by atoms with E-state index >= 15 is 0 Å². The Morgan fingerprint density at radius 2 is 1.94 bits per heavy atom. The second kappa shape index (κ2) is 5.08. The van der Waals surface area contributed by atoms with Crippen molar-refractivity contribution in [2.75, 3.05) is 5.32 Å². The topological polar surface area (TPSA) is 37.8 Å². The fraction of sp³-hybridized carbons (Fsp3) is 0.0909. The van der Waals surface area contributed by atoms with Gasteiger partial charge in [0.2, 0.25) is 5.28 Å². The first-order valence-corrected chi connectivity index (χ1v) is 5.91. The van der Waals surface area contributed by atoms with E-state index in [0.717, 1.165) is 5.56 Å². The smallest absolute Gasteiger partial charge is 0.224 e. The van der Waals surface area contributed by atoms with Crippen molar-refractivity contribution in [3.8, 4) is 0 Å². The highest BCUT2D eigenvalue weighted by Gasteiger charge is 2.06. The summed E-state index contributed by atoms with van der Waals surface area (Å²) in [5.41, 5.74) is 1.59. The number of hydrogen-bond acceptors (Lipinski definition) is 3. The molecule has 0 fully saturated rings. The maximum atomic E-state index is 6.05. The summed E-state index contributed by atoms with van der Waals surface area (Å²) in [5, 5.41) is 4.37. The molecule has 0 spiro atoms. The van der Waals surface area contributed by atoms with E-state index in [0.29, 0.717) is 21.6 Å². The first-order chi connectivity index (χ1) is 8.06. The summed E-state index contributed by atoms with van der Waals surface area (Å²) >= 11 is 17.6. The summed E-state index contributed by atoms with van der Waals surface area (Å²) in [4.78, 5) is 7.96. The second-order valence-electron chi connectivity index (χ2n) is 3.42. The third-order valence-electron chi connectivity index (χ3n) is 2.13. The molecule has 0 saturated heterocycles. The number of benzene rings is 1. The Morgan fingerprint density at radius 1 is 1.18 bits per heavy atom. The lowest BCUT2D eigenvalue weighted by atomic mass is 10.3. The second-order valence-corrected chi connectivity index (χ2v) is 4.60. The van der Waals surface area contributed by atoms with Gasteiger partial charge in [0, 0.05) is 16.8 Å². The Hall–Kier alpha value is -1.03.